The molecule has 3 heterocycles. The number of nitrogens with zero attached hydrogens (tertiary/aromatic N) is 5. The first kappa shape index (κ1) is 19.2. The molecule has 0 unspecified atom stereocenters. The lowest BCUT2D eigenvalue weighted by Crippen LogP contribution is -2.40. The van der Waals surface area contributed by atoms with Crippen LogP contribution in [0, 0.1) is 20.8 Å². The van der Waals surface area contributed by atoms with Gasteiger partial charge >= 0.3 is 5.69 Å². The molecule has 9 heteroatoms. The fourth-order valence-corrected chi connectivity index (χ4v) is 3.91. The van der Waals surface area contributed by atoms with E-state index >= 15 is 0 Å². The van der Waals surface area contributed by atoms with E-state index in [1.165, 1.54) is 11.5 Å². The normalized spacial score (nSPS) is 11.7. The number of ketones is 1. The minimum Gasteiger partial charge on any atom is -0.298 e. The van der Waals surface area contributed by atoms with Gasteiger partial charge in [0.05, 0.1) is 12.2 Å². The molecule has 0 N–H and O–H groups in total. The summed E-state index contributed by atoms with van der Waals surface area (Å²) in [7, 11) is 1.55. The number of Topliss-reactive ketones (excluding diaryl/α,β-unsaturated/α-hetero) is 1. The van der Waals surface area contributed by atoms with Gasteiger partial charge in [-0.3, -0.25) is 27.7 Å². The van der Waals surface area contributed by atoms with Crippen molar-refractivity contribution in [2.75, 3.05) is 0 Å². The fourth-order valence-electron chi connectivity index (χ4n) is 3.74. The van der Waals surface area contributed by atoms with Gasteiger partial charge in [0.2, 0.25) is 5.78 Å². The first-order valence-electron chi connectivity index (χ1n) is 9.10. The summed E-state index contributed by atoms with van der Waals surface area (Å²) in [6, 6.07) is 5.60. The Morgan fingerprint density at radius 1 is 1.14 bits per heavy atom. The van der Waals surface area contributed by atoms with E-state index in [2.05, 4.69) is 4.98 Å². The van der Waals surface area contributed by atoms with E-state index in [0.717, 1.165) is 27.2 Å². The molecule has 0 aliphatic heterocycles. The summed E-state index contributed by atoms with van der Waals surface area (Å²) in [6.07, 6.45) is 0. The zero-order valence-electron chi connectivity index (χ0n) is 16.8. The molecule has 29 heavy (non-hydrogen) atoms. The summed E-state index contributed by atoms with van der Waals surface area (Å²) in [5.41, 5.74) is 2.86. The van der Waals surface area contributed by atoms with Crippen LogP contribution in [0.1, 0.15) is 23.9 Å². The third-order valence-corrected chi connectivity index (χ3v) is 5.79. The van der Waals surface area contributed by atoms with E-state index in [9.17, 15) is 14.4 Å². The van der Waals surface area contributed by atoms with Crippen LogP contribution in [-0.4, -0.2) is 28.9 Å². The van der Waals surface area contributed by atoms with Crippen molar-refractivity contribution < 1.29 is 4.79 Å². The minimum atomic E-state index is -0.571. The number of aryl methyl sites for hydroxylation is 2. The quantitative estimate of drug-likeness (QED) is 0.516. The van der Waals surface area contributed by atoms with Crippen molar-refractivity contribution in [2.24, 2.45) is 7.05 Å². The second-order valence-corrected chi connectivity index (χ2v) is 7.65. The third-order valence-electron chi connectivity index (χ3n) is 5.38. The Morgan fingerprint density at radius 3 is 2.48 bits per heavy atom. The highest BCUT2D eigenvalue weighted by molar-refractivity contribution is 6.31. The smallest absolute Gasteiger partial charge is 0.298 e. The van der Waals surface area contributed by atoms with Crippen LogP contribution in [0.5, 0.6) is 0 Å². The van der Waals surface area contributed by atoms with Gasteiger partial charge in [-0.1, -0.05) is 17.7 Å². The van der Waals surface area contributed by atoms with Crippen molar-refractivity contribution in [1.29, 1.82) is 0 Å². The molecular weight excluding hydrogens is 394 g/mol. The van der Waals surface area contributed by atoms with E-state index in [1.807, 2.05) is 43.5 Å². The number of carbonyl (C=O) groups is 1. The van der Waals surface area contributed by atoms with E-state index in [1.54, 1.807) is 11.4 Å². The average molecular weight is 414 g/mol. The molecular formula is C20H20ClN5O3. The number of fused-ring (bicyclic) bond motifs is 3. The molecule has 150 valence electrons. The van der Waals surface area contributed by atoms with Gasteiger partial charge in [-0.05, 0) is 45.4 Å². The summed E-state index contributed by atoms with van der Waals surface area (Å²) in [6.45, 7) is 6.81. The average Bonchev–Trinajstić information content (AvgIpc) is 3.16. The van der Waals surface area contributed by atoms with Crippen molar-refractivity contribution in [2.45, 2.75) is 34.2 Å². The highest BCUT2D eigenvalue weighted by Gasteiger charge is 2.24. The Hall–Kier alpha value is -3.13. The van der Waals surface area contributed by atoms with Crippen molar-refractivity contribution in [1.82, 2.24) is 23.1 Å². The maximum atomic E-state index is 13.1. The van der Waals surface area contributed by atoms with Crippen molar-refractivity contribution in [3.8, 4) is 5.69 Å². The molecule has 0 spiro atoms. The Balaban J connectivity index is 2.22. The SMILES string of the molecule is CC(=O)Cn1c(=O)c2c(nc3n(-c4cccc(Cl)c4C)c(C)c(C)n23)n(C)c1=O. The molecule has 0 saturated carbocycles. The lowest BCUT2D eigenvalue weighted by Gasteiger charge is -2.11. The Labute approximate surface area is 170 Å². The number of rotatable bonds is 3. The van der Waals surface area contributed by atoms with Gasteiger partial charge in [0, 0.05) is 23.5 Å². The molecule has 0 bridgehead atoms. The van der Waals surface area contributed by atoms with Gasteiger partial charge < -0.3 is 0 Å². The number of hydrogen-bond acceptors (Lipinski definition) is 4. The van der Waals surface area contributed by atoms with Crippen LogP contribution in [0.3, 0.4) is 0 Å². The maximum absolute atomic E-state index is 13.1. The monoisotopic (exact) mass is 413 g/mol. The highest BCUT2D eigenvalue weighted by Crippen LogP contribution is 2.28. The predicted molar refractivity (Wildman–Crippen MR) is 111 cm³/mol. The second kappa shape index (κ2) is 6.45. The van der Waals surface area contributed by atoms with Crippen LogP contribution in [0.2, 0.25) is 5.02 Å². The number of carbonyl (C=O) groups excluding carboxylic acids is 1. The molecule has 0 fully saturated rings. The van der Waals surface area contributed by atoms with E-state index in [-0.39, 0.29) is 23.5 Å². The standard InChI is InChI=1S/C20H20ClN5O3/c1-10(27)9-24-18(28)16-17(23(5)20(24)29)22-19-25(12(3)13(4)26(16)19)15-8-6-7-14(21)11(15)2/h6-8H,9H2,1-5H3. The summed E-state index contributed by atoms with van der Waals surface area (Å²) in [4.78, 5) is 42.0. The third kappa shape index (κ3) is 2.59. The van der Waals surface area contributed by atoms with E-state index in [4.69, 9.17) is 11.6 Å². The lowest BCUT2D eigenvalue weighted by molar-refractivity contribution is -0.117. The molecule has 1 aromatic carbocycles. The number of hydrogen-bond donors (Lipinski definition) is 0. The van der Waals surface area contributed by atoms with Crippen molar-refractivity contribution >= 4 is 34.3 Å². The molecule has 0 saturated heterocycles. The Kier molecular flexibility index (Phi) is 4.27. The van der Waals surface area contributed by atoms with Crippen LogP contribution < -0.4 is 11.2 Å². The minimum absolute atomic E-state index is 0.266. The van der Waals surface area contributed by atoms with Gasteiger partial charge in [0.1, 0.15) is 5.78 Å². The molecule has 8 nitrogen and oxygen atoms in total. The lowest BCUT2D eigenvalue weighted by atomic mass is 10.2. The molecule has 0 amide bonds. The van der Waals surface area contributed by atoms with Gasteiger partial charge in [-0.2, -0.15) is 4.98 Å². The number of imidazole rings is 2. The van der Waals surface area contributed by atoms with Crippen molar-refractivity contribution in [3.63, 3.8) is 0 Å². The largest absolute Gasteiger partial charge is 0.332 e. The van der Waals surface area contributed by atoms with E-state index in [0.29, 0.717) is 10.8 Å². The predicted octanol–water partition coefficient (Wildman–Crippen LogP) is 2.31. The topological polar surface area (TPSA) is 83.3 Å². The zero-order valence-corrected chi connectivity index (χ0v) is 17.5. The first-order chi connectivity index (χ1) is 13.6. The van der Waals surface area contributed by atoms with Gasteiger partial charge in [-0.25, -0.2) is 4.79 Å². The molecule has 4 rings (SSSR count). The van der Waals surface area contributed by atoms with Crippen molar-refractivity contribution in [3.05, 3.63) is 61.0 Å². The first-order valence-corrected chi connectivity index (χ1v) is 9.47. The number of halogens is 1. The van der Waals surface area contributed by atoms with Crippen LogP contribution in [0.25, 0.3) is 22.6 Å². The number of benzene rings is 1. The summed E-state index contributed by atoms with van der Waals surface area (Å²) in [5, 5.41) is 0.624. The van der Waals surface area contributed by atoms with E-state index < -0.39 is 11.2 Å². The van der Waals surface area contributed by atoms with Gasteiger partial charge in [0.25, 0.3) is 5.56 Å². The summed E-state index contributed by atoms with van der Waals surface area (Å²) in [5.74, 6) is 0.234. The Morgan fingerprint density at radius 2 is 1.83 bits per heavy atom. The number of aromatic nitrogens is 5. The maximum Gasteiger partial charge on any atom is 0.332 e. The van der Waals surface area contributed by atoms with Crippen LogP contribution in [0.15, 0.2) is 27.8 Å². The summed E-state index contributed by atoms with van der Waals surface area (Å²) < 4.78 is 5.92. The molecule has 4 aromatic rings. The highest BCUT2D eigenvalue weighted by atomic mass is 35.5. The molecule has 3 aromatic heterocycles. The molecule has 0 aliphatic carbocycles. The van der Waals surface area contributed by atoms with Gasteiger partial charge in [0.15, 0.2) is 11.2 Å². The zero-order chi connectivity index (χ0) is 21.2. The van der Waals surface area contributed by atoms with Crippen LogP contribution in [0.4, 0.5) is 0 Å². The molecule has 0 atom stereocenters. The van der Waals surface area contributed by atoms with Gasteiger partial charge in [-0.15, -0.1) is 0 Å². The molecule has 0 aliphatic rings. The van der Waals surface area contributed by atoms with Crippen LogP contribution >= 0.6 is 11.6 Å². The van der Waals surface area contributed by atoms with Crippen LogP contribution in [-0.2, 0) is 18.4 Å². The summed E-state index contributed by atoms with van der Waals surface area (Å²) >= 11 is 6.32. The Bertz CT molecular complexity index is 1450. The second-order valence-electron chi connectivity index (χ2n) is 7.24. The molecule has 0 radical (unpaired) electrons. The fraction of sp³-hybridized carbons (Fsp3) is 0.300.